The van der Waals surface area contributed by atoms with Gasteiger partial charge in [0.2, 0.25) is 17.5 Å². The van der Waals surface area contributed by atoms with Gasteiger partial charge < -0.3 is 18.5 Å². The molecule has 0 atom stereocenters. The van der Waals surface area contributed by atoms with Gasteiger partial charge in [-0.15, -0.1) is 10.2 Å². The smallest absolute Gasteiger partial charge is 0.258 e. The summed E-state index contributed by atoms with van der Waals surface area (Å²) in [5.41, 5.74) is 4.23. The zero-order valence-corrected chi connectivity index (χ0v) is 29.2. The van der Waals surface area contributed by atoms with E-state index in [1.807, 2.05) is 70.2 Å². The highest BCUT2D eigenvalue weighted by molar-refractivity contribution is 6.32. The molecule has 0 aliphatic rings. The van der Waals surface area contributed by atoms with Crippen LogP contribution in [0.15, 0.2) is 94.0 Å². The molecule has 0 unspecified atom stereocenters. The first-order chi connectivity index (χ1) is 24.7. The van der Waals surface area contributed by atoms with Gasteiger partial charge in [0.25, 0.3) is 11.8 Å². The molecular formula is C36H29Cl2N9O4. The molecule has 51 heavy (non-hydrogen) atoms. The second-order valence-electron chi connectivity index (χ2n) is 11.5. The average Bonchev–Trinajstić information content (AvgIpc) is 3.93. The molecule has 13 nitrogen and oxygen atoms in total. The molecule has 0 spiro atoms. The van der Waals surface area contributed by atoms with Gasteiger partial charge in [-0.3, -0.25) is 0 Å². The van der Waals surface area contributed by atoms with Crippen LogP contribution < -0.4 is 9.47 Å². The molecule has 7 aromatic rings. The third kappa shape index (κ3) is 8.56. The summed E-state index contributed by atoms with van der Waals surface area (Å²) < 4.78 is 22.0. The number of aromatic nitrogens is 8. The number of aromatic amines is 1. The molecule has 3 aromatic heterocycles. The number of hydrogen-bond donors (Lipinski definition) is 1. The standard InChI is InChI=1S/C18H15ClN6O2.C18H14ClN3O2/c1-10(2)26-15-7-6-12(9-14(15)19)16-20-18(27-23-16)13-5-3-4-11(8-13)17-21-24-25-22-17;1-11(2)23-16-7-6-13(9-15(16)19)17-21-18(24-22-17)14-5-3-4-12(8-14)10-20/h3-10H,1-2H3,(H,21,22,24,25);3-9,11H,1-2H3. The Labute approximate surface area is 302 Å². The predicted octanol–water partition coefficient (Wildman–Crippen LogP) is 8.74. The van der Waals surface area contributed by atoms with Crippen molar-refractivity contribution < 1.29 is 18.5 Å². The van der Waals surface area contributed by atoms with Gasteiger partial charge in [-0.1, -0.05) is 51.7 Å². The fourth-order valence-electron chi connectivity index (χ4n) is 4.69. The van der Waals surface area contributed by atoms with Crippen molar-refractivity contribution in [1.82, 2.24) is 40.9 Å². The number of halogens is 2. The predicted molar refractivity (Wildman–Crippen MR) is 190 cm³/mol. The van der Waals surface area contributed by atoms with Crippen molar-refractivity contribution in [3.05, 3.63) is 101 Å². The number of benzene rings is 4. The van der Waals surface area contributed by atoms with E-state index in [0.29, 0.717) is 61.9 Å². The van der Waals surface area contributed by atoms with Crippen LogP contribution in [-0.2, 0) is 0 Å². The summed E-state index contributed by atoms with van der Waals surface area (Å²) in [6.07, 6.45) is 0.0779. The lowest BCUT2D eigenvalue weighted by molar-refractivity contribution is 0.242. The summed E-state index contributed by atoms with van der Waals surface area (Å²) in [6.45, 7) is 7.76. The van der Waals surface area contributed by atoms with Gasteiger partial charge in [-0.25, -0.2) is 0 Å². The van der Waals surface area contributed by atoms with E-state index in [1.54, 1.807) is 42.5 Å². The van der Waals surface area contributed by atoms with E-state index in [0.717, 1.165) is 22.3 Å². The summed E-state index contributed by atoms with van der Waals surface area (Å²) in [5, 5.41) is 31.9. The van der Waals surface area contributed by atoms with Crippen LogP contribution in [0.3, 0.4) is 0 Å². The van der Waals surface area contributed by atoms with Crippen molar-refractivity contribution in [3.63, 3.8) is 0 Å². The third-order valence-corrected chi connectivity index (χ3v) is 7.50. The fraction of sp³-hybridized carbons (Fsp3) is 0.167. The summed E-state index contributed by atoms with van der Waals surface area (Å²) in [5.74, 6) is 3.31. The van der Waals surface area contributed by atoms with E-state index >= 15 is 0 Å². The van der Waals surface area contributed by atoms with Crippen LogP contribution in [0.1, 0.15) is 33.3 Å². The highest BCUT2D eigenvalue weighted by Gasteiger charge is 2.16. The largest absolute Gasteiger partial charge is 0.489 e. The molecule has 4 aromatic carbocycles. The van der Waals surface area contributed by atoms with Crippen LogP contribution in [0.4, 0.5) is 0 Å². The van der Waals surface area contributed by atoms with Crippen LogP contribution in [0.2, 0.25) is 10.0 Å². The minimum Gasteiger partial charge on any atom is -0.489 e. The normalized spacial score (nSPS) is 10.9. The molecule has 1 N–H and O–H groups in total. The molecule has 15 heteroatoms. The van der Waals surface area contributed by atoms with E-state index in [-0.39, 0.29) is 12.2 Å². The van der Waals surface area contributed by atoms with Crippen molar-refractivity contribution in [2.24, 2.45) is 0 Å². The van der Waals surface area contributed by atoms with Crippen LogP contribution in [-0.4, -0.2) is 53.1 Å². The summed E-state index contributed by atoms with van der Waals surface area (Å²) in [7, 11) is 0. The maximum Gasteiger partial charge on any atom is 0.258 e. The zero-order chi connectivity index (χ0) is 35.9. The lowest BCUT2D eigenvalue weighted by atomic mass is 10.1. The summed E-state index contributed by atoms with van der Waals surface area (Å²) >= 11 is 12.5. The molecular weight excluding hydrogens is 693 g/mol. The molecule has 3 heterocycles. The Morgan fingerprint density at radius 2 is 1.16 bits per heavy atom. The minimum atomic E-state index is 0.0385. The fourth-order valence-corrected chi connectivity index (χ4v) is 5.14. The van der Waals surface area contributed by atoms with Crippen molar-refractivity contribution in [1.29, 1.82) is 5.26 Å². The van der Waals surface area contributed by atoms with Crippen LogP contribution >= 0.6 is 23.2 Å². The molecule has 0 saturated carbocycles. The first kappa shape index (κ1) is 34.8. The second-order valence-corrected chi connectivity index (χ2v) is 12.3. The Balaban J connectivity index is 0.000000177. The second kappa shape index (κ2) is 15.6. The quantitative estimate of drug-likeness (QED) is 0.150. The molecule has 7 rings (SSSR count). The highest BCUT2D eigenvalue weighted by atomic mass is 35.5. The Hall–Kier alpha value is -6.10. The van der Waals surface area contributed by atoms with Crippen molar-refractivity contribution in [2.45, 2.75) is 39.9 Å². The van der Waals surface area contributed by atoms with Crippen molar-refractivity contribution >= 4 is 23.2 Å². The molecule has 256 valence electrons. The monoisotopic (exact) mass is 721 g/mol. The van der Waals surface area contributed by atoms with Gasteiger partial charge in [0, 0.05) is 27.8 Å². The molecule has 0 bridgehead atoms. The van der Waals surface area contributed by atoms with E-state index in [1.165, 1.54) is 0 Å². The number of ether oxygens (including phenoxy) is 2. The number of nitriles is 1. The van der Waals surface area contributed by atoms with E-state index in [9.17, 15) is 0 Å². The Kier molecular flexibility index (Phi) is 10.6. The van der Waals surface area contributed by atoms with Gasteiger partial charge >= 0.3 is 0 Å². The Morgan fingerprint density at radius 3 is 1.65 bits per heavy atom. The Morgan fingerprint density at radius 1 is 0.647 bits per heavy atom. The van der Waals surface area contributed by atoms with Gasteiger partial charge in [0.15, 0.2) is 0 Å². The molecule has 0 saturated heterocycles. The first-order valence-electron chi connectivity index (χ1n) is 15.6. The number of tetrazole rings is 1. The summed E-state index contributed by atoms with van der Waals surface area (Å²) in [6, 6.07) is 27.3. The van der Waals surface area contributed by atoms with Gasteiger partial charge in [-0.05, 0) is 99.6 Å². The van der Waals surface area contributed by atoms with Crippen molar-refractivity contribution in [2.75, 3.05) is 0 Å². The number of nitrogens with one attached hydrogen (secondary N) is 1. The highest BCUT2D eigenvalue weighted by Crippen LogP contribution is 2.33. The van der Waals surface area contributed by atoms with E-state index in [2.05, 4.69) is 47.0 Å². The molecule has 0 aliphatic heterocycles. The Bertz CT molecular complexity index is 2300. The van der Waals surface area contributed by atoms with Gasteiger partial charge in [-0.2, -0.15) is 20.4 Å². The van der Waals surface area contributed by atoms with Crippen molar-refractivity contribution in [3.8, 4) is 74.6 Å². The maximum atomic E-state index is 8.97. The SMILES string of the molecule is CC(C)Oc1ccc(-c2noc(-c3cccc(-c4nn[nH]n4)c3)n2)cc1Cl.CC(C)Oc1ccc(-c2noc(-c3cccc(C#N)c3)n2)cc1Cl. The summed E-state index contributed by atoms with van der Waals surface area (Å²) in [4.78, 5) is 8.83. The number of hydrogen-bond acceptors (Lipinski definition) is 12. The number of nitrogens with zero attached hydrogens (tertiary/aromatic N) is 8. The van der Waals surface area contributed by atoms with Gasteiger partial charge in [0.05, 0.1) is 33.9 Å². The topological polar surface area (TPSA) is 175 Å². The minimum absolute atomic E-state index is 0.0385. The molecule has 0 radical (unpaired) electrons. The van der Waals surface area contributed by atoms with E-state index in [4.69, 9.17) is 47.0 Å². The molecule has 0 fully saturated rings. The van der Waals surface area contributed by atoms with Crippen LogP contribution in [0.25, 0.3) is 57.1 Å². The van der Waals surface area contributed by atoms with Gasteiger partial charge in [0.1, 0.15) is 11.5 Å². The lowest BCUT2D eigenvalue weighted by Gasteiger charge is -2.11. The molecule has 0 aliphatic carbocycles. The number of rotatable bonds is 9. The zero-order valence-electron chi connectivity index (χ0n) is 27.7. The third-order valence-electron chi connectivity index (χ3n) is 6.91. The van der Waals surface area contributed by atoms with Crippen LogP contribution in [0, 0.1) is 11.3 Å². The first-order valence-corrected chi connectivity index (χ1v) is 16.4. The number of H-pyrrole nitrogens is 1. The average molecular weight is 723 g/mol. The maximum absolute atomic E-state index is 8.97. The van der Waals surface area contributed by atoms with Crippen LogP contribution in [0.5, 0.6) is 11.5 Å². The van der Waals surface area contributed by atoms with E-state index < -0.39 is 0 Å². The molecule has 0 amide bonds. The lowest BCUT2D eigenvalue weighted by Crippen LogP contribution is -2.05.